The highest BCUT2D eigenvalue weighted by molar-refractivity contribution is 5.95. The summed E-state index contributed by atoms with van der Waals surface area (Å²) < 4.78 is 5.70. The van der Waals surface area contributed by atoms with Gasteiger partial charge in [-0.2, -0.15) is 0 Å². The molecule has 0 bridgehead atoms. The predicted molar refractivity (Wildman–Crippen MR) is 130 cm³/mol. The Labute approximate surface area is 191 Å². The largest absolute Gasteiger partial charge is 0.494 e. The zero-order valence-electron chi connectivity index (χ0n) is 19.4. The molecule has 1 fully saturated rings. The minimum atomic E-state index is -0.258. The fourth-order valence-corrected chi connectivity index (χ4v) is 3.79. The van der Waals surface area contributed by atoms with Crippen LogP contribution in [-0.4, -0.2) is 44.0 Å². The average molecular weight is 438 g/mol. The lowest BCUT2D eigenvalue weighted by Gasteiger charge is -2.20. The molecule has 0 spiro atoms. The van der Waals surface area contributed by atoms with Crippen molar-refractivity contribution in [2.24, 2.45) is 0 Å². The lowest BCUT2D eigenvalue weighted by molar-refractivity contribution is -0.117. The molecule has 6 nitrogen and oxygen atoms in total. The number of hydrogen-bond acceptors (Lipinski definition) is 5. The number of ketones is 1. The molecule has 1 aliphatic heterocycles. The standard InChI is InChI=1S/C26H35N3O3/c1-4-5-16-32-25-12-6-21(7-13-25)20(3)26(31)28-22-8-10-24(11-9-22)29-15-14-23(18-29)27-17-19(2)30/h6-13,20,23,27H,4-5,14-18H2,1-3H3,(H,28,31). The highest BCUT2D eigenvalue weighted by atomic mass is 16.5. The maximum absolute atomic E-state index is 12.7. The van der Waals surface area contributed by atoms with Crippen LogP contribution < -0.4 is 20.3 Å². The SMILES string of the molecule is CCCCOc1ccc(C(C)C(=O)Nc2ccc(N3CCC(NCC(C)=O)C3)cc2)cc1. The van der Waals surface area contributed by atoms with E-state index in [4.69, 9.17) is 4.74 Å². The van der Waals surface area contributed by atoms with E-state index in [2.05, 4.69) is 22.5 Å². The van der Waals surface area contributed by atoms with Gasteiger partial charge in [-0.3, -0.25) is 9.59 Å². The third-order valence-electron chi connectivity index (χ3n) is 5.87. The molecule has 1 heterocycles. The number of carbonyl (C=O) groups is 2. The van der Waals surface area contributed by atoms with Crippen molar-refractivity contribution >= 4 is 23.1 Å². The first-order chi connectivity index (χ1) is 15.5. The minimum absolute atomic E-state index is 0.0351. The van der Waals surface area contributed by atoms with E-state index in [1.807, 2.05) is 55.5 Å². The molecule has 1 aliphatic rings. The first kappa shape index (κ1) is 23.8. The summed E-state index contributed by atoms with van der Waals surface area (Å²) in [5, 5.41) is 6.32. The van der Waals surface area contributed by atoms with Crippen LogP contribution in [0, 0.1) is 0 Å². The molecule has 3 rings (SSSR count). The molecule has 2 unspecified atom stereocenters. The number of rotatable bonds is 11. The van der Waals surface area contributed by atoms with Crippen LogP contribution in [-0.2, 0) is 9.59 Å². The second-order valence-corrected chi connectivity index (χ2v) is 8.54. The number of unbranched alkanes of at least 4 members (excludes halogenated alkanes) is 1. The highest BCUT2D eigenvalue weighted by Gasteiger charge is 2.22. The van der Waals surface area contributed by atoms with Crippen LogP contribution in [0.25, 0.3) is 0 Å². The quantitative estimate of drug-likeness (QED) is 0.511. The van der Waals surface area contributed by atoms with Crippen LogP contribution in [0.5, 0.6) is 5.75 Å². The summed E-state index contributed by atoms with van der Waals surface area (Å²) in [5.74, 6) is 0.707. The summed E-state index contributed by atoms with van der Waals surface area (Å²) in [6.07, 6.45) is 3.16. The van der Waals surface area contributed by atoms with Crippen molar-refractivity contribution in [3.05, 3.63) is 54.1 Å². The Morgan fingerprint density at radius 2 is 1.84 bits per heavy atom. The first-order valence-corrected chi connectivity index (χ1v) is 11.6. The Hall–Kier alpha value is -2.86. The zero-order valence-corrected chi connectivity index (χ0v) is 19.4. The molecule has 0 aliphatic carbocycles. The van der Waals surface area contributed by atoms with Crippen molar-refractivity contribution in [2.45, 2.75) is 52.0 Å². The maximum Gasteiger partial charge on any atom is 0.231 e. The van der Waals surface area contributed by atoms with Gasteiger partial charge in [0.25, 0.3) is 0 Å². The van der Waals surface area contributed by atoms with Gasteiger partial charge in [0.1, 0.15) is 11.5 Å². The van der Waals surface area contributed by atoms with Gasteiger partial charge in [-0.05, 0) is 68.7 Å². The average Bonchev–Trinajstić information content (AvgIpc) is 3.27. The molecule has 2 atom stereocenters. The highest BCUT2D eigenvalue weighted by Crippen LogP contribution is 2.24. The Kier molecular flexibility index (Phi) is 8.68. The second kappa shape index (κ2) is 11.7. The maximum atomic E-state index is 12.7. The summed E-state index contributed by atoms with van der Waals surface area (Å²) >= 11 is 0. The van der Waals surface area contributed by atoms with Crippen molar-refractivity contribution in [2.75, 3.05) is 36.5 Å². The van der Waals surface area contributed by atoms with Crippen molar-refractivity contribution in [3.63, 3.8) is 0 Å². The van der Waals surface area contributed by atoms with Crippen molar-refractivity contribution in [3.8, 4) is 5.75 Å². The number of Topliss-reactive ketones (excluding diaryl/α,β-unsaturated/α-hetero) is 1. The van der Waals surface area contributed by atoms with Crippen molar-refractivity contribution in [1.29, 1.82) is 0 Å². The van der Waals surface area contributed by atoms with Gasteiger partial charge in [-0.25, -0.2) is 0 Å². The molecule has 172 valence electrons. The van der Waals surface area contributed by atoms with E-state index in [-0.39, 0.29) is 17.6 Å². The summed E-state index contributed by atoms with van der Waals surface area (Å²) in [7, 11) is 0. The van der Waals surface area contributed by atoms with Crippen LogP contribution in [0.15, 0.2) is 48.5 Å². The topological polar surface area (TPSA) is 70.7 Å². The summed E-state index contributed by atoms with van der Waals surface area (Å²) in [5.41, 5.74) is 2.88. The van der Waals surface area contributed by atoms with Gasteiger partial charge in [0.05, 0.1) is 19.1 Å². The van der Waals surface area contributed by atoms with E-state index in [9.17, 15) is 9.59 Å². The van der Waals surface area contributed by atoms with E-state index in [1.54, 1.807) is 6.92 Å². The minimum Gasteiger partial charge on any atom is -0.494 e. The molecule has 32 heavy (non-hydrogen) atoms. The summed E-state index contributed by atoms with van der Waals surface area (Å²) in [6.45, 7) is 8.63. The van der Waals surface area contributed by atoms with Crippen LogP contribution in [0.1, 0.15) is 51.5 Å². The third-order valence-corrected chi connectivity index (χ3v) is 5.87. The zero-order chi connectivity index (χ0) is 22.9. The fourth-order valence-electron chi connectivity index (χ4n) is 3.79. The molecule has 2 N–H and O–H groups in total. The molecule has 2 aromatic carbocycles. The number of anilines is 2. The monoisotopic (exact) mass is 437 g/mol. The predicted octanol–water partition coefficient (Wildman–Crippen LogP) is 4.37. The molecule has 1 saturated heterocycles. The normalized spacial score (nSPS) is 16.6. The van der Waals surface area contributed by atoms with Gasteiger partial charge < -0.3 is 20.3 Å². The van der Waals surface area contributed by atoms with E-state index in [1.165, 1.54) is 0 Å². The van der Waals surface area contributed by atoms with Gasteiger partial charge >= 0.3 is 0 Å². The van der Waals surface area contributed by atoms with E-state index < -0.39 is 0 Å². The van der Waals surface area contributed by atoms with Gasteiger partial charge in [0.2, 0.25) is 5.91 Å². The number of benzene rings is 2. The molecule has 0 aromatic heterocycles. The van der Waals surface area contributed by atoms with Crippen LogP contribution >= 0.6 is 0 Å². The lowest BCUT2D eigenvalue weighted by atomic mass is 10.00. The molecule has 6 heteroatoms. The fraction of sp³-hybridized carbons (Fsp3) is 0.462. The van der Waals surface area contributed by atoms with Crippen molar-refractivity contribution in [1.82, 2.24) is 5.32 Å². The Morgan fingerprint density at radius 3 is 2.50 bits per heavy atom. The Bertz CT molecular complexity index is 880. The molecular formula is C26H35N3O3. The molecule has 1 amide bonds. The lowest BCUT2D eigenvalue weighted by Crippen LogP contribution is -2.35. The Morgan fingerprint density at radius 1 is 1.12 bits per heavy atom. The number of nitrogens with one attached hydrogen (secondary N) is 2. The Balaban J connectivity index is 1.50. The second-order valence-electron chi connectivity index (χ2n) is 8.54. The van der Waals surface area contributed by atoms with E-state index >= 15 is 0 Å². The van der Waals surface area contributed by atoms with Gasteiger partial charge in [-0.15, -0.1) is 0 Å². The third kappa shape index (κ3) is 6.82. The summed E-state index contributed by atoms with van der Waals surface area (Å²) in [4.78, 5) is 26.2. The smallest absolute Gasteiger partial charge is 0.231 e. The van der Waals surface area contributed by atoms with E-state index in [0.717, 1.165) is 61.6 Å². The molecule has 0 saturated carbocycles. The van der Waals surface area contributed by atoms with Crippen LogP contribution in [0.3, 0.4) is 0 Å². The number of ether oxygens (including phenoxy) is 1. The number of amides is 1. The van der Waals surface area contributed by atoms with Gasteiger partial charge in [0.15, 0.2) is 0 Å². The van der Waals surface area contributed by atoms with Gasteiger partial charge in [0, 0.05) is 30.5 Å². The van der Waals surface area contributed by atoms with E-state index in [0.29, 0.717) is 12.6 Å². The van der Waals surface area contributed by atoms with Crippen molar-refractivity contribution < 1.29 is 14.3 Å². The number of carbonyl (C=O) groups excluding carboxylic acids is 2. The first-order valence-electron chi connectivity index (χ1n) is 11.6. The van der Waals surface area contributed by atoms with Crippen LogP contribution in [0.2, 0.25) is 0 Å². The molecule has 2 aromatic rings. The molecular weight excluding hydrogens is 402 g/mol. The van der Waals surface area contributed by atoms with Gasteiger partial charge in [-0.1, -0.05) is 25.5 Å². The summed E-state index contributed by atoms with van der Waals surface area (Å²) in [6, 6.07) is 16.1. The van der Waals surface area contributed by atoms with Crippen LogP contribution in [0.4, 0.5) is 11.4 Å². The number of nitrogens with zero attached hydrogens (tertiary/aromatic N) is 1. The number of hydrogen-bond donors (Lipinski definition) is 2. The molecule has 0 radical (unpaired) electrons.